The van der Waals surface area contributed by atoms with E-state index in [1.165, 1.54) is 5.56 Å². The molecule has 0 atom stereocenters. The van der Waals surface area contributed by atoms with E-state index >= 15 is 0 Å². The molecule has 0 radical (unpaired) electrons. The van der Waals surface area contributed by atoms with Gasteiger partial charge in [-0.1, -0.05) is 18.2 Å². The third-order valence-electron chi connectivity index (χ3n) is 3.75. The molecule has 0 fully saturated rings. The third-order valence-corrected chi connectivity index (χ3v) is 3.75. The second kappa shape index (κ2) is 7.56. The molecule has 2 aromatic heterocycles. The largest absolute Gasteiger partial charge is 0.496 e. The first-order chi connectivity index (χ1) is 11.4. The Morgan fingerprint density at radius 1 is 1.09 bits per heavy atom. The van der Waals surface area contributed by atoms with Crippen molar-refractivity contribution < 1.29 is 4.74 Å². The molecule has 0 unspecified atom stereocenters. The van der Waals surface area contributed by atoms with E-state index in [2.05, 4.69) is 26.6 Å². The third kappa shape index (κ3) is 3.76. The standard InChI is InChI=1S/C18H20N4O/c1-23-17-7-3-2-5-14(17)8-10-20-12-16-13-21-22-18(16)15-6-4-9-19-11-15/h2-7,9,11,13,20H,8,10,12H2,1H3,(H,21,22). The van der Waals surface area contributed by atoms with Gasteiger partial charge in [0.15, 0.2) is 0 Å². The number of aromatic nitrogens is 3. The minimum absolute atomic E-state index is 0.760. The summed E-state index contributed by atoms with van der Waals surface area (Å²) in [5.41, 5.74) is 4.41. The number of nitrogens with zero attached hydrogens (tertiary/aromatic N) is 2. The summed E-state index contributed by atoms with van der Waals surface area (Å²) in [5.74, 6) is 0.939. The van der Waals surface area contributed by atoms with E-state index in [0.29, 0.717) is 0 Å². The maximum Gasteiger partial charge on any atom is 0.122 e. The van der Waals surface area contributed by atoms with Gasteiger partial charge >= 0.3 is 0 Å². The minimum Gasteiger partial charge on any atom is -0.496 e. The summed E-state index contributed by atoms with van der Waals surface area (Å²) in [6.07, 6.45) is 6.39. The predicted octanol–water partition coefficient (Wildman–Crippen LogP) is 2.81. The van der Waals surface area contributed by atoms with Crippen LogP contribution < -0.4 is 10.1 Å². The molecule has 0 amide bonds. The second-order valence-electron chi connectivity index (χ2n) is 5.25. The molecule has 0 saturated heterocycles. The lowest BCUT2D eigenvalue weighted by molar-refractivity contribution is 0.409. The number of para-hydroxylation sites is 1. The maximum absolute atomic E-state index is 5.38. The molecule has 0 aliphatic rings. The molecule has 0 aliphatic carbocycles. The van der Waals surface area contributed by atoms with Crippen LogP contribution in [0, 0.1) is 0 Å². The fraction of sp³-hybridized carbons (Fsp3) is 0.222. The van der Waals surface area contributed by atoms with E-state index < -0.39 is 0 Å². The van der Waals surface area contributed by atoms with Crippen LogP contribution in [0.2, 0.25) is 0 Å². The monoisotopic (exact) mass is 308 g/mol. The van der Waals surface area contributed by atoms with Crippen molar-refractivity contribution in [1.29, 1.82) is 0 Å². The van der Waals surface area contributed by atoms with E-state index in [-0.39, 0.29) is 0 Å². The number of aromatic amines is 1. The van der Waals surface area contributed by atoms with Crippen LogP contribution in [0.25, 0.3) is 11.3 Å². The SMILES string of the molecule is COc1ccccc1CCNCc1cn[nH]c1-c1cccnc1. The first kappa shape index (κ1) is 15.2. The molecule has 0 bridgehead atoms. The second-order valence-corrected chi connectivity index (χ2v) is 5.25. The van der Waals surface area contributed by atoms with E-state index in [1.807, 2.05) is 42.7 Å². The van der Waals surface area contributed by atoms with Crippen LogP contribution in [0.15, 0.2) is 55.0 Å². The van der Waals surface area contributed by atoms with Crippen molar-refractivity contribution in [3.8, 4) is 17.0 Å². The van der Waals surface area contributed by atoms with Crippen LogP contribution in [0.4, 0.5) is 0 Å². The molecule has 2 N–H and O–H groups in total. The van der Waals surface area contributed by atoms with Gasteiger partial charge in [0, 0.05) is 30.1 Å². The highest BCUT2D eigenvalue weighted by atomic mass is 16.5. The van der Waals surface area contributed by atoms with Crippen molar-refractivity contribution in [2.75, 3.05) is 13.7 Å². The van der Waals surface area contributed by atoms with E-state index in [0.717, 1.165) is 42.1 Å². The fourth-order valence-electron chi connectivity index (χ4n) is 2.56. The van der Waals surface area contributed by atoms with Crippen LogP contribution in [0.1, 0.15) is 11.1 Å². The van der Waals surface area contributed by atoms with E-state index in [4.69, 9.17) is 4.74 Å². The Kier molecular flexibility index (Phi) is 5.01. The normalized spacial score (nSPS) is 10.7. The van der Waals surface area contributed by atoms with Gasteiger partial charge in [0.05, 0.1) is 19.0 Å². The minimum atomic E-state index is 0.760. The number of nitrogens with one attached hydrogen (secondary N) is 2. The zero-order valence-corrected chi connectivity index (χ0v) is 13.1. The van der Waals surface area contributed by atoms with Crippen molar-refractivity contribution >= 4 is 0 Å². The van der Waals surface area contributed by atoms with Crippen LogP contribution in [0.5, 0.6) is 5.75 Å². The number of rotatable bonds is 7. The molecular formula is C18H20N4O. The van der Waals surface area contributed by atoms with Crippen molar-refractivity contribution in [1.82, 2.24) is 20.5 Å². The highest BCUT2D eigenvalue weighted by molar-refractivity contribution is 5.61. The molecule has 1 aromatic carbocycles. The summed E-state index contributed by atoms with van der Waals surface area (Å²) in [5, 5.41) is 10.7. The average molecular weight is 308 g/mol. The van der Waals surface area contributed by atoms with Gasteiger partial charge in [-0.2, -0.15) is 5.10 Å². The highest BCUT2D eigenvalue weighted by Gasteiger charge is 2.07. The smallest absolute Gasteiger partial charge is 0.122 e. The zero-order valence-electron chi connectivity index (χ0n) is 13.1. The van der Waals surface area contributed by atoms with Gasteiger partial charge in [-0.25, -0.2) is 0 Å². The van der Waals surface area contributed by atoms with Crippen LogP contribution in [-0.4, -0.2) is 28.8 Å². The summed E-state index contributed by atoms with van der Waals surface area (Å²) in [7, 11) is 1.71. The molecule has 2 heterocycles. The van der Waals surface area contributed by atoms with Gasteiger partial charge in [-0.3, -0.25) is 10.1 Å². The Labute approximate surface area is 135 Å². The Bertz CT molecular complexity index is 740. The first-order valence-electron chi connectivity index (χ1n) is 7.63. The molecule has 3 rings (SSSR count). The van der Waals surface area contributed by atoms with Gasteiger partial charge in [-0.15, -0.1) is 0 Å². The van der Waals surface area contributed by atoms with Gasteiger partial charge in [0.25, 0.3) is 0 Å². The van der Waals surface area contributed by atoms with Crippen LogP contribution >= 0.6 is 0 Å². The number of hydrogen-bond donors (Lipinski definition) is 2. The molecule has 3 aromatic rings. The lowest BCUT2D eigenvalue weighted by Crippen LogP contribution is -2.17. The number of benzene rings is 1. The predicted molar refractivity (Wildman–Crippen MR) is 90.2 cm³/mol. The number of hydrogen-bond acceptors (Lipinski definition) is 4. The Balaban J connectivity index is 1.57. The first-order valence-corrected chi connectivity index (χ1v) is 7.63. The van der Waals surface area contributed by atoms with Crippen molar-refractivity contribution in [3.05, 3.63) is 66.1 Å². The summed E-state index contributed by atoms with van der Waals surface area (Å²) < 4.78 is 5.38. The molecule has 5 nitrogen and oxygen atoms in total. The van der Waals surface area contributed by atoms with E-state index in [1.54, 1.807) is 13.3 Å². The fourth-order valence-corrected chi connectivity index (χ4v) is 2.56. The van der Waals surface area contributed by atoms with Crippen molar-refractivity contribution in [3.63, 3.8) is 0 Å². The zero-order chi connectivity index (χ0) is 15.9. The molecule has 0 spiro atoms. The number of pyridine rings is 1. The lowest BCUT2D eigenvalue weighted by Gasteiger charge is -2.09. The molecule has 0 saturated carbocycles. The quantitative estimate of drug-likeness (QED) is 0.659. The summed E-state index contributed by atoms with van der Waals surface area (Å²) in [6.45, 7) is 1.63. The Morgan fingerprint density at radius 2 is 2.00 bits per heavy atom. The number of H-pyrrole nitrogens is 1. The maximum atomic E-state index is 5.38. The number of methoxy groups -OCH3 is 1. The summed E-state index contributed by atoms with van der Waals surface area (Å²) in [6, 6.07) is 12.1. The highest BCUT2D eigenvalue weighted by Crippen LogP contribution is 2.20. The average Bonchev–Trinajstić information content (AvgIpc) is 3.08. The molecular weight excluding hydrogens is 288 g/mol. The topological polar surface area (TPSA) is 62.8 Å². The Morgan fingerprint density at radius 3 is 2.83 bits per heavy atom. The van der Waals surface area contributed by atoms with Crippen molar-refractivity contribution in [2.45, 2.75) is 13.0 Å². The molecule has 118 valence electrons. The van der Waals surface area contributed by atoms with Gasteiger partial charge in [0.2, 0.25) is 0 Å². The Hall–Kier alpha value is -2.66. The molecule has 5 heteroatoms. The lowest BCUT2D eigenvalue weighted by atomic mass is 10.1. The summed E-state index contributed by atoms with van der Waals surface area (Å²) in [4.78, 5) is 4.15. The van der Waals surface area contributed by atoms with Gasteiger partial charge in [0.1, 0.15) is 5.75 Å². The van der Waals surface area contributed by atoms with Gasteiger partial charge in [-0.05, 0) is 36.7 Å². The van der Waals surface area contributed by atoms with E-state index in [9.17, 15) is 0 Å². The van der Waals surface area contributed by atoms with Gasteiger partial charge < -0.3 is 10.1 Å². The van der Waals surface area contributed by atoms with Crippen molar-refractivity contribution in [2.24, 2.45) is 0 Å². The van der Waals surface area contributed by atoms with Crippen LogP contribution in [0.3, 0.4) is 0 Å². The number of ether oxygens (including phenoxy) is 1. The molecule has 23 heavy (non-hydrogen) atoms. The molecule has 0 aliphatic heterocycles. The van der Waals surface area contributed by atoms with Crippen LogP contribution in [-0.2, 0) is 13.0 Å². The summed E-state index contributed by atoms with van der Waals surface area (Å²) >= 11 is 0.